The van der Waals surface area contributed by atoms with Crippen LogP contribution in [0.15, 0.2) is 48.5 Å². The lowest BCUT2D eigenvalue weighted by Crippen LogP contribution is -2.01. The van der Waals surface area contributed by atoms with Crippen molar-refractivity contribution in [2.24, 2.45) is 0 Å². The Hall–Kier alpha value is -1.47. The lowest BCUT2D eigenvalue weighted by Gasteiger charge is -2.10. The van der Waals surface area contributed by atoms with Gasteiger partial charge < -0.3 is 4.74 Å². The fourth-order valence-corrected chi connectivity index (χ4v) is 2.03. The lowest BCUT2D eigenvalue weighted by molar-refractivity contribution is 0.321. The summed E-state index contributed by atoms with van der Waals surface area (Å²) >= 11 is 5.86. The van der Waals surface area contributed by atoms with E-state index in [2.05, 4.69) is 26.0 Å². The summed E-state index contributed by atoms with van der Waals surface area (Å²) in [5.74, 6) is 1.47. The van der Waals surface area contributed by atoms with Gasteiger partial charge in [-0.25, -0.2) is 0 Å². The SMILES string of the molecule is CC(C)c1cccc(OCCc2ccc(Cl)cc2)c1. The molecule has 2 heteroatoms. The van der Waals surface area contributed by atoms with Crippen LogP contribution >= 0.6 is 11.6 Å². The molecule has 0 saturated heterocycles. The number of benzene rings is 2. The molecule has 0 unspecified atom stereocenters. The van der Waals surface area contributed by atoms with Gasteiger partial charge in [0, 0.05) is 11.4 Å². The fraction of sp³-hybridized carbons (Fsp3) is 0.294. The molecule has 0 aliphatic carbocycles. The van der Waals surface area contributed by atoms with Gasteiger partial charge in [-0.2, -0.15) is 0 Å². The van der Waals surface area contributed by atoms with Gasteiger partial charge in [0.25, 0.3) is 0 Å². The molecule has 0 heterocycles. The van der Waals surface area contributed by atoms with Crippen molar-refractivity contribution in [3.8, 4) is 5.75 Å². The van der Waals surface area contributed by atoms with Gasteiger partial charge in [0.05, 0.1) is 6.61 Å². The van der Waals surface area contributed by atoms with E-state index in [0.717, 1.165) is 17.2 Å². The van der Waals surface area contributed by atoms with Crippen LogP contribution in [0.25, 0.3) is 0 Å². The van der Waals surface area contributed by atoms with Crippen molar-refractivity contribution in [1.82, 2.24) is 0 Å². The molecule has 19 heavy (non-hydrogen) atoms. The van der Waals surface area contributed by atoms with Gasteiger partial charge in [-0.3, -0.25) is 0 Å². The number of ether oxygens (including phenoxy) is 1. The third-order valence-corrected chi connectivity index (χ3v) is 3.35. The standard InChI is InChI=1S/C17H19ClO/c1-13(2)15-4-3-5-17(12-15)19-11-10-14-6-8-16(18)9-7-14/h3-9,12-13H,10-11H2,1-2H3. The summed E-state index contributed by atoms with van der Waals surface area (Å²) in [6, 6.07) is 16.2. The third kappa shape index (κ3) is 4.29. The zero-order valence-electron chi connectivity index (χ0n) is 11.4. The van der Waals surface area contributed by atoms with Crippen molar-refractivity contribution in [2.75, 3.05) is 6.61 Å². The highest BCUT2D eigenvalue weighted by Crippen LogP contribution is 2.20. The molecule has 0 aliphatic rings. The van der Waals surface area contributed by atoms with E-state index in [9.17, 15) is 0 Å². The van der Waals surface area contributed by atoms with Crippen LogP contribution in [-0.4, -0.2) is 6.61 Å². The van der Waals surface area contributed by atoms with Gasteiger partial charge in [0.1, 0.15) is 5.75 Å². The normalized spacial score (nSPS) is 10.7. The van der Waals surface area contributed by atoms with Crippen LogP contribution in [-0.2, 0) is 6.42 Å². The minimum Gasteiger partial charge on any atom is -0.493 e. The first-order chi connectivity index (χ1) is 9.15. The Morgan fingerprint density at radius 3 is 2.47 bits per heavy atom. The largest absolute Gasteiger partial charge is 0.493 e. The summed E-state index contributed by atoms with van der Waals surface area (Å²) in [5, 5.41) is 0.773. The first-order valence-electron chi connectivity index (χ1n) is 6.62. The van der Waals surface area contributed by atoms with E-state index in [1.54, 1.807) is 0 Å². The summed E-state index contributed by atoms with van der Waals surface area (Å²) in [7, 11) is 0. The number of halogens is 1. The Kier molecular flexibility index (Phi) is 4.86. The Morgan fingerprint density at radius 1 is 1.05 bits per heavy atom. The van der Waals surface area contributed by atoms with E-state index >= 15 is 0 Å². The molecule has 0 fully saturated rings. The molecule has 0 radical (unpaired) electrons. The van der Waals surface area contributed by atoms with Gasteiger partial charge in [0.15, 0.2) is 0 Å². The number of hydrogen-bond acceptors (Lipinski definition) is 1. The van der Waals surface area contributed by atoms with Crippen molar-refractivity contribution in [1.29, 1.82) is 0 Å². The van der Waals surface area contributed by atoms with Crippen molar-refractivity contribution in [3.63, 3.8) is 0 Å². The van der Waals surface area contributed by atoms with E-state index < -0.39 is 0 Å². The van der Waals surface area contributed by atoms with E-state index in [4.69, 9.17) is 16.3 Å². The second kappa shape index (κ2) is 6.63. The second-order valence-electron chi connectivity index (χ2n) is 4.95. The molecular formula is C17H19ClO. The Morgan fingerprint density at radius 2 is 1.79 bits per heavy atom. The minimum atomic E-state index is 0.528. The predicted molar refractivity (Wildman–Crippen MR) is 81.2 cm³/mol. The fourth-order valence-electron chi connectivity index (χ4n) is 1.90. The van der Waals surface area contributed by atoms with Crippen molar-refractivity contribution < 1.29 is 4.74 Å². The highest BCUT2D eigenvalue weighted by molar-refractivity contribution is 6.30. The molecule has 0 aliphatic heterocycles. The van der Waals surface area contributed by atoms with Crippen LogP contribution in [0.1, 0.15) is 30.9 Å². The van der Waals surface area contributed by atoms with E-state index in [-0.39, 0.29) is 0 Å². The van der Waals surface area contributed by atoms with Crippen LogP contribution < -0.4 is 4.74 Å². The summed E-state index contributed by atoms with van der Waals surface area (Å²) in [4.78, 5) is 0. The molecule has 0 N–H and O–H groups in total. The topological polar surface area (TPSA) is 9.23 Å². The number of hydrogen-bond donors (Lipinski definition) is 0. The summed E-state index contributed by atoms with van der Waals surface area (Å²) in [6.07, 6.45) is 0.892. The molecule has 0 spiro atoms. The molecule has 2 aromatic carbocycles. The van der Waals surface area contributed by atoms with Crippen molar-refractivity contribution in [2.45, 2.75) is 26.2 Å². The van der Waals surface area contributed by atoms with Gasteiger partial charge in [-0.1, -0.05) is 49.7 Å². The molecule has 0 bridgehead atoms. The quantitative estimate of drug-likeness (QED) is 0.738. The monoisotopic (exact) mass is 274 g/mol. The molecule has 0 amide bonds. The number of rotatable bonds is 5. The van der Waals surface area contributed by atoms with Gasteiger partial charge in [-0.05, 0) is 41.3 Å². The average molecular weight is 275 g/mol. The highest BCUT2D eigenvalue weighted by Gasteiger charge is 2.01. The highest BCUT2D eigenvalue weighted by atomic mass is 35.5. The van der Waals surface area contributed by atoms with Gasteiger partial charge >= 0.3 is 0 Å². The molecular weight excluding hydrogens is 256 g/mol. The van der Waals surface area contributed by atoms with Gasteiger partial charge in [0.2, 0.25) is 0 Å². The summed E-state index contributed by atoms with van der Waals surface area (Å²) < 4.78 is 5.80. The zero-order chi connectivity index (χ0) is 13.7. The minimum absolute atomic E-state index is 0.528. The van der Waals surface area contributed by atoms with Crippen LogP contribution in [0.2, 0.25) is 5.02 Å². The summed E-state index contributed by atoms with van der Waals surface area (Å²) in [6.45, 7) is 5.06. The Bertz CT molecular complexity index is 517. The van der Waals surface area contributed by atoms with Crippen LogP contribution in [0.4, 0.5) is 0 Å². The molecule has 2 aromatic rings. The predicted octanol–water partition coefficient (Wildman–Crippen LogP) is 5.08. The van der Waals surface area contributed by atoms with Crippen molar-refractivity contribution >= 4 is 11.6 Å². The molecule has 2 rings (SSSR count). The zero-order valence-corrected chi connectivity index (χ0v) is 12.2. The smallest absolute Gasteiger partial charge is 0.119 e. The summed E-state index contributed by atoms with van der Waals surface area (Å²) in [5.41, 5.74) is 2.55. The maximum atomic E-state index is 5.86. The molecule has 0 aromatic heterocycles. The van der Waals surface area contributed by atoms with E-state index in [1.807, 2.05) is 36.4 Å². The first kappa shape index (κ1) is 14.0. The molecule has 0 atom stereocenters. The lowest BCUT2D eigenvalue weighted by atomic mass is 10.0. The first-order valence-corrected chi connectivity index (χ1v) is 7.00. The third-order valence-electron chi connectivity index (χ3n) is 3.10. The van der Waals surface area contributed by atoms with Crippen LogP contribution in [0, 0.1) is 0 Å². The van der Waals surface area contributed by atoms with Crippen LogP contribution in [0.3, 0.4) is 0 Å². The van der Waals surface area contributed by atoms with Crippen molar-refractivity contribution in [3.05, 3.63) is 64.7 Å². The van der Waals surface area contributed by atoms with E-state index in [0.29, 0.717) is 12.5 Å². The maximum absolute atomic E-state index is 5.86. The van der Waals surface area contributed by atoms with Gasteiger partial charge in [-0.15, -0.1) is 0 Å². The molecule has 100 valence electrons. The maximum Gasteiger partial charge on any atom is 0.119 e. The Balaban J connectivity index is 1.88. The van der Waals surface area contributed by atoms with Crippen LogP contribution in [0.5, 0.6) is 5.75 Å². The molecule has 0 saturated carbocycles. The second-order valence-corrected chi connectivity index (χ2v) is 5.39. The van der Waals surface area contributed by atoms with E-state index in [1.165, 1.54) is 11.1 Å². The average Bonchev–Trinajstić information content (AvgIpc) is 2.41. The Labute approximate surface area is 120 Å². The molecule has 1 nitrogen and oxygen atoms in total.